The van der Waals surface area contributed by atoms with Crippen LogP contribution in [0, 0.1) is 17.5 Å². The predicted octanol–water partition coefficient (Wildman–Crippen LogP) is 3.41. The second-order valence-corrected chi connectivity index (χ2v) is 5.17. The minimum absolute atomic E-state index is 0.0136. The Morgan fingerprint density at radius 3 is 1.94 bits per heavy atom. The van der Waals surface area contributed by atoms with Crippen LogP contribution in [-0.2, 0) is 16.6 Å². The Hall–Kier alpha value is -1.62. The maximum Gasteiger partial charge on any atom is 0.126 e. The molecule has 1 atom stereocenters. The highest BCUT2D eigenvalue weighted by Crippen LogP contribution is 2.15. The SMILES string of the molecule is O=S(Cc1cc(F)cc(F)c1)c1ccc(F)cc1. The van der Waals surface area contributed by atoms with E-state index in [1.165, 1.54) is 24.3 Å². The van der Waals surface area contributed by atoms with Crippen LogP contribution in [0.1, 0.15) is 5.56 Å². The van der Waals surface area contributed by atoms with Gasteiger partial charge in [-0.05, 0) is 42.0 Å². The van der Waals surface area contributed by atoms with E-state index < -0.39 is 28.3 Å². The summed E-state index contributed by atoms with van der Waals surface area (Å²) < 4.78 is 50.5. The summed E-state index contributed by atoms with van der Waals surface area (Å²) in [5.74, 6) is -1.85. The van der Waals surface area contributed by atoms with Crippen LogP contribution in [-0.4, -0.2) is 4.21 Å². The summed E-state index contributed by atoms with van der Waals surface area (Å²) in [6.45, 7) is 0. The van der Waals surface area contributed by atoms with E-state index in [0.29, 0.717) is 10.5 Å². The summed E-state index contributed by atoms with van der Waals surface area (Å²) >= 11 is 0. The molecule has 18 heavy (non-hydrogen) atoms. The first-order valence-corrected chi connectivity index (χ1v) is 6.45. The van der Waals surface area contributed by atoms with Crippen molar-refractivity contribution in [3.63, 3.8) is 0 Å². The molecule has 0 aliphatic rings. The van der Waals surface area contributed by atoms with E-state index in [0.717, 1.165) is 18.2 Å². The first-order chi connectivity index (χ1) is 8.54. The Morgan fingerprint density at radius 1 is 0.833 bits per heavy atom. The molecule has 0 aromatic heterocycles. The van der Waals surface area contributed by atoms with Crippen LogP contribution in [0.4, 0.5) is 13.2 Å². The van der Waals surface area contributed by atoms with Gasteiger partial charge in [-0.3, -0.25) is 4.21 Å². The lowest BCUT2D eigenvalue weighted by Crippen LogP contribution is -1.98. The van der Waals surface area contributed by atoms with Gasteiger partial charge in [0.05, 0.1) is 16.6 Å². The second kappa shape index (κ2) is 5.35. The molecular formula is C13H9F3OS. The zero-order valence-corrected chi connectivity index (χ0v) is 10.0. The van der Waals surface area contributed by atoms with Gasteiger partial charge < -0.3 is 0 Å². The van der Waals surface area contributed by atoms with Crippen molar-refractivity contribution in [2.24, 2.45) is 0 Å². The van der Waals surface area contributed by atoms with Crippen LogP contribution in [0.25, 0.3) is 0 Å². The smallest absolute Gasteiger partial charge is 0.126 e. The molecule has 2 rings (SSSR count). The first-order valence-electron chi connectivity index (χ1n) is 5.13. The predicted molar refractivity (Wildman–Crippen MR) is 62.9 cm³/mol. The van der Waals surface area contributed by atoms with Gasteiger partial charge in [-0.15, -0.1) is 0 Å². The van der Waals surface area contributed by atoms with Gasteiger partial charge in [0.1, 0.15) is 17.5 Å². The quantitative estimate of drug-likeness (QED) is 0.835. The van der Waals surface area contributed by atoms with Crippen molar-refractivity contribution >= 4 is 10.8 Å². The average Bonchev–Trinajstić information content (AvgIpc) is 2.28. The average molecular weight is 270 g/mol. The Kier molecular flexibility index (Phi) is 3.81. The van der Waals surface area contributed by atoms with Crippen molar-refractivity contribution in [2.45, 2.75) is 10.6 Å². The third kappa shape index (κ3) is 3.20. The van der Waals surface area contributed by atoms with Gasteiger partial charge in [0.2, 0.25) is 0 Å². The molecule has 0 fully saturated rings. The molecule has 0 aliphatic carbocycles. The molecule has 0 amide bonds. The molecule has 5 heteroatoms. The zero-order chi connectivity index (χ0) is 13.1. The largest absolute Gasteiger partial charge is 0.254 e. The van der Waals surface area contributed by atoms with Crippen LogP contribution in [0.2, 0.25) is 0 Å². The highest BCUT2D eigenvalue weighted by atomic mass is 32.2. The summed E-state index contributed by atoms with van der Waals surface area (Å²) in [7, 11) is -1.46. The number of hydrogen-bond donors (Lipinski definition) is 0. The summed E-state index contributed by atoms with van der Waals surface area (Å²) in [5, 5.41) is 0. The summed E-state index contributed by atoms with van der Waals surface area (Å²) in [5.41, 5.74) is 0.301. The first kappa shape index (κ1) is 12.8. The van der Waals surface area contributed by atoms with Crippen molar-refractivity contribution < 1.29 is 17.4 Å². The molecular weight excluding hydrogens is 261 g/mol. The topological polar surface area (TPSA) is 17.1 Å². The van der Waals surface area contributed by atoms with Gasteiger partial charge in [-0.2, -0.15) is 0 Å². The lowest BCUT2D eigenvalue weighted by atomic mass is 10.2. The van der Waals surface area contributed by atoms with Gasteiger partial charge in [0.15, 0.2) is 0 Å². The Balaban J connectivity index is 2.18. The maximum absolute atomic E-state index is 12.9. The Bertz CT molecular complexity index is 561. The number of benzene rings is 2. The summed E-state index contributed by atoms with van der Waals surface area (Å²) in [6.07, 6.45) is 0. The van der Waals surface area contributed by atoms with Crippen LogP contribution in [0.5, 0.6) is 0 Å². The maximum atomic E-state index is 12.9. The van der Waals surface area contributed by atoms with E-state index in [2.05, 4.69) is 0 Å². The molecule has 0 radical (unpaired) electrons. The molecule has 0 heterocycles. The van der Waals surface area contributed by atoms with E-state index in [1.54, 1.807) is 0 Å². The standard InChI is InChI=1S/C13H9F3OS/c14-10-1-3-13(4-2-10)18(17)8-9-5-11(15)7-12(16)6-9/h1-7H,8H2. The molecule has 0 aliphatic heterocycles. The van der Waals surface area contributed by atoms with Crippen molar-refractivity contribution in [1.82, 2.24) is 0 Å². The Labute approximate surface area is 105 Å². The number of hydrogen-bond acceptors (Lipinski definition) is 1. The van der Waals surface area contributed by atoms with Gasteiger partial charge >= 0.3 is 0 Å². The third-order valence-electron chi connectivity index (χ3n) is 2.30. The van der Waals surface area contributed by atoms with Gasteiger partial charge in [0, 0.05) is 11.0 Å². The fourth-order valence-corrected chi connectivity index (χ4v) is 2.59. The minimum Gasteiger partial charge on any atom is -0.254 e. The number of halogens is 3. The lowest BCUT2D eigenvalue weighted by Gasteiger charge is -2.03. The van der Waals surface area contributed by atoms with E-state index >= 15 is 0 Å². The zero-order valence-electron chi connectivity index (χ0n) is 9.20. The van der Waals surface area contributed by atoms with E-state index in [-0.39, 0.29) is 5.75 Å². The van der Waals surface area contributed by atoms with Gasteiger partial charge in [-0.1, -0.05) is 0 Å². The van der Waals surface area contributed by atoms with Gasteiger partial charge in [0.25, 0.3) is 0 Å². The molecule has 0 N–H and O–H groups in total. The fourth-order valence-electron chi connectivity index (χ4n) is 1.52. The minimum atomic E-state index is -1.46. The van der Waals surface area contributed by atoms with Crippen molar-refractivity contribution in [3.8, 4) is 0 Å². The molecule has 1 unspecified atom stereocenters. The van der Waals surface area contributed by atoms with Gasteiger partial charge in [-0.25, -0.2) is 13.2 Å². The summed E-state index contributed by atoms with van der Waals surface area (Å²) in [6, 6.07) is 8.18. The third-order valence-corrected chi connectivity index (χ3v) is 3.69. The fraction of sp³-hybridized carbons (Fsp3) is 0.0769. The van der Waals surface area contributed by atoms with Crippen molar-refractivity contribution in [3.05, 3.63) is 65.5 Å². The summed E-state index contributed by atoms with van der Waals surface area (Å²) in [4.78, 5) is 0.418. The molecule has 0 saturated heterocycles. The highest BCUT2D eigenvalue weighted by Gasteiger charge is 2.07. The lowest BCUT2D eigenvalue weighted by molar-refractivity contribution is 0.581. The molecule has 0 spiro atoms. The molecule has 0 bridgehead atoms. The molecule has 2 aromatic carbocycles. The van der Waals surface area contributed by atoms with E-state index in [1.807, 2.05) is 0 Å². The molecule has 2 aromatic rings. The Morgan fingerprint density at radius 2 is 1.39 bits per heavy atom. The molecule has 0 saturated carbocycles. The van der Waals surface area contributed by atoms with Crippen molar-refractivity contribution in [2.75, 3.05) is 0 Å². The molecule has 94 valence electrons. The number of rotatable bonds is 3. The van der Waals surface area contributed by atoms with Crippen LogP contribution < -0.4 is 0 Å². The van der Waals surface area contributed by atoms with Crippen molar-refractivity contribution in [1.29, 1.82) is 0 Å². The highest BCUT2D eigenvalue weighted by molar-refractivity contribution is 7.84. The van der Waals surface area contributed by atoms with E-state index in [9.17, 15) is 17.4 Å². The van der Waals surface area contributed by atoms with Crippen LogP contribution in [0.15, 0.2) is 47.4 Å². The monoisotopic (exact) mass is 270 g/mol. The van der Waals surface area contributed by atoms with Crippen LogP contribution >= 0.6 is 0 Å². The normalized spacial score (nSPS) is 12.4. The van der Waals surface area contributed by atoms with E-state index in [4.69, 9.17) is 0 Å². The molecule has 1 nitrogen and oxygen atoms in total. The second-order valence-electron chi connectivity index (χ2n) is 3.72. The van der Waals surface area contributed by atoms with Crippen LogP contribution in [0.3, 0.4) is 0 Å².